The van der Waals surface area contributed by atoms with E-state index in [-0.39, 0.29) is 0 Å². The van der Waals surface area contributed by atoms with Crippen LogP contribution < -0.4 is 10.1 Å². The van der Waals surface area contributed by atoms with Gasteiger partial charge < -0.3 is 10.1 Å². The maximum Gasteiger partial charge on any atom is 0.217 e. The normalized spacial score (nSPS) is 25.9. The van der Waals surface area contributed by atoms with Crippen molar-refractivity contribution < 1.29 is 4.74 Å². The molecular weight excluding hydrogens is 210 g/mol. The van der Waals surface area contributed by atoms with Crippen LogP contribution in [0.4, 0.5) is 0 Å². The fourth-order valence-corrected chi connectivity index (χ4v) is 3.23. The number of rotatable bonds is 2. The standard InChI is InChI=1S/C10H17N3OS/c1-6-5-11-9(15-6)8-7(2)12-13(3)10(8)14-4/h6,9,11H,5H2,1-4H3. The number of hydrogen-bond acceptors (Lipinski definition) is 4. The van der Waals surface area contributed by atoms with Crippen LogP contribution in [0.5, 0.6) is 5.88 Å². The van der Waals surface area contributed by atoms with Crippen LogP contribution in [0.2, 0.25) is 0 Å². The molecule has 1 saturated heterocycles. The first kappa shape index (κ1) is 10.8. The summed E-state index contributed by atoms with van der Waals surface area (Å²) in [6.45, 7) is 5.31. The number of hydrogen-bond donors (Lipinski definition) is 1. The van der Waals surface area contributed by atoms with Crippen LogP contribution in [0.15, 0.2) is 0 Å². The van der Waals surface area contributed by atoms with Crippen molar-refractivity contribution >= 4 is 11.8 Å². The van der Waals surface area contributed by atoms with Crippen molar-refractivity contribution in [3.05, 3.63) is 11.3 Å². The first-order valence-corrected chi connectivity index (χ1v) is 6.04. The van der Waals surface area contributed by atoms with E-state index in [1.165, 1.54) is 5.56 Å². The topological polar surface area (TPSA) is 39.1 Å². The van der Waals surface area contributed by atoms with E-state index in [1.807, 2.05) is 25.7 Å². The molecule has 2 rings (SSSR count). The molecule has 0 amide bonds. The third kappa shape index (κ3) is 1.86. The monoisotopic (exact) mass is 227 g/mol. The molecule has 2 heterocycles. The van der Waals surface area contributed by atoms with E-state index in [4.69, 9.17) is 4.74 Å². The Kier molecular flexibility index (Phi) is 2.93. The number of nitrogens with zero attached hydrogens (tertiary/aromatic N) is 2. The first-order valence-electron chi connectivity index (χ1n) is 5.09. The smallest absolute Gasteiger partial charge is 0.217 e. The Hall–Kier alpha value is -0.680. The summed E-state index contributed by atoms with van der Waals surface area (Å²) in [6.07, 6.45) is 0. The number of ether oxygens (including phenoxy) is 1. The number of aromatic nitrogens is 2. The van der Waals surface area contributed by atoms with Gasteiger partial charge in [-0.2, -0.15) is 5.10 Å². The van der Waals surface area contributed by atoms with Gasteiger partial charge in [0.25, 0.3) is 0 Å². The molecule has 1 N–H and O–H groups in total. The fourth-order valence-electron chi connectivity index (χ4n) is 1.97. The highest BCUT2D eigenvalue weighted by molar-refractivity contribution is 8.00. The molecular formula is C10H17N3OS. The Labute approximate surface area is 94.4 Å². The quantitative estimate of drug-likeness (QED) is 0.830. The number of nitrogens with one attached hydrogen (secondary N) is 1. The molecule has 0 saturated carbocycles. The summed E-state index contributed by atoms with van der Waals surface area (Å²) >= 11 is 1.93. The van der Waals surface area contributed by atoms with Crippen molar-refractivity contribution in [1.29, 1.82) is 0 Å². The molecule has 0 radical (unpaired) electrons. The van der Waals surface area contributed by atoms with Gasteiger partial charge >= 0.3 is 0 Å². The largest absolute Gasteiger partial charge is 0.481 e. The zero-order chi connectivity index (χ0) is 11.0. The van der Waals surface area contributed by atoms with Gasteiger partial charge in [0.15, 0.2) is 0 Å². The lowest BCUT2D eigenvalue weighted by molar-refractivity contribution is 0.368. The molecule has 1 aromatic rings. The van der Waals surface area contributed by atoms with E-state index in [9.17, 15) is 0 Å². The zero-order valence-electron chi connectivity index (χ0n) is 9.57. The van der Waals surface area contributed by atoms with Crippen molar-refractivity contribution in [2.45, 2.75) is 24.5 Å². The second-order valence-electron chi connectivity index (χ2n) is 3.87. The van der Waals surface area contributed by atoms with Crippen LogP contribution in [-0.2, 0) is 7.05 Å². The van der Waals surface area contributed by atoms with Gasteiger partial charge in [-0.15, -0.1) is 11.8 Å². The molecule has 1 fully saturated rings. The van der Waals surface area contributed by atoms with Crippen molar-refractivity contribution in [1.82, 2.24) is 15.1 Å². The average Bonchev–Trinajstić information content (AvgIpc) is 2.70. The molecule has 0 bridgehead atoms. The van der Waals surface area contributed by atoms with Gasteiger partial charge in [0, 0.05) is 18.8 Å². The molecule has 0 aromatic carbocycles. The van der Waals surface area contributed by atoms with Crippen LogP contribution in [0.1, 0.15) is 23.6 Å². The maximum absolute atomic E-state index is 5.39. The van der Waals surface area contributed by atoms with Gasteiger partial charge in [0.2, 0.25) is 5.88 Å². The van der Waals surface area contributed by atoms with E-state index in [1.54, 1.807) is 11.8 Å². The Bertz CT molecular complexity index is 364. The molecule has 1 aromatic heterocycles. The Morgan fingerprint density at radius 2 is 2.33 bits per heavy atom. The predicted molar refractivity (Wildman–Crippen MR) is 62.3 cm³/mol. The van der Waals surface area contributed by atoms with E-state index in [0.717, 1.165) is 18.1 Å². The molecule has 0 spiro atoms. The maximum atomic E-state index is 5.39. The lowest BCUT2D eigenvalue weighted by Crippen LogP contribution is -2.14. The SMILES string of the molecule is COc1c(C2NCC(C)S2)c(C)nn1C. The molecule has 2 atom stereocenters. The van der Waals surface area contributed by atoms with Gasteiger partial charge in [-0.1, -0.05) is 6.92 Å². The summed E-state index contributed by atoms with van der Waals surface area (Å²) < 4.78 is 7.19. The fraction of sp³-hybridized carbons (Fsp3) is 0.700. The van der Waals surface area contributed by atoms with Crippen molar-refractivity contribution in [2.75, 3.05) is 13.7 Å². The van der Waals surface area contributed by atoms with Crippen molar-refractivity contribution in [2.24, 2.45) is 7.05 Å². The molecule has 1 aliphatic rings. The summed E-state index contributed by atoms with van der Waals surface area (Å²) in [5, 5.41) is 8.85. The number of thioether (sulfide) groups is 1. The second-order valence-corrected chi connectivity index (χ2v) is 5.42. The van der Waals surface area contributed by atoms with Crippen LogP contribution in [0.3, 0.4) is 0 Å². The Balaban J connectivity index is 2.34. The van der Waals surface area contributed by atoms with Gasteiger partial charge in [-0.3, -0.25) is 0 Å². The van der Waals surface area contributed by atoms with Crippen molar-refractivity contribution in [3.8, 4) is 5.88 Å². The number of aryl methyl sites for hydroxylation is 2. The molecule has 15 heavy (non-hydrogen) atoms. The molecule has 84 valence electrons. The van der Waals surface area contributed by atoms with E-state index >= 15 is 0 Å². The third-order valence-corrected chi connectivity index (χ3v) is 3.93. The summed E-state index contributed by atoms with van der Waals surface area (Å²) in [6, 6.07) is 0. The van der Waals surface area contributed by atoms with Crippen LogP contribution >= 0.6 is 11.8 Å². The summed E-state index contributed by atoms with van der Waals surface area (Å²) in [5.74, 6) is 0.867. The zero-order valence-corrected chi connectivity index (χ0v) is 10.4. The minimum atomic E-state index is 0.323. The van der Waals surface area contributed by atoms with Gasteiger partial charge in [0.05, 0.1) is 23.7 Å². The molecule has 1 aliphatic heterocycles. The molecule has 0 aliphatic carbocycles. The minimum Gasteiger partial charge on any atom is -0.481 e. The first-order chi connectivity index (χ1) is 7.13. The van der Waals surface area contributed by atoms with Gasteiger partial charge in [-0.25, -0.2) is 4.68 Å². The van der Waals surface area contributed by atoms with E-state index in [0.29, 0.717) is 10.6 Å². The van der Waals surface area contributed by atoms with Crippen molar-refractivity contribution in [3.63, 3.8) is 0 Å². The minimum absolute atomic E-state index is 0.323. The Morgan fingerprint density at radius 1 is 1.60 bits per heavy atom. The highest BCUT2D eigenvalue weighted by atomic mass is 32.2. The molecule has 4 nitrogen and oxygen atoms in total. The summed E-state index contributed by atoms with van der Waals surface area (Å²) in [7, 11) is 3.61. The third-order valence-electron chi connectivity index (χ3n) is 2.63. The van der Waals surface area contributed by atoms with E-state index < -0.39 is 0 Å². The highest BCUT2D eigenvalue weighted by Crippen LogP contribution is 2.40. The summed E-state index contributed by atoms with van der Waals surface area (Å²) in [4.78, 5) is 0. The van der Waals surface area contributed by atoms with E-state index in [2.05, 4.69) is 17.3 Å². The van der Waals surface area contributed by atoms with Crippen LogP contribution in [-0.4, -0.2) is 28.7 Å². The van der Waals surface area contributed by atoms with Gasteiger partial charge in [-0.05, 0) is 6.92 Å². The lowest BCUT2D eigenvalue weighted by atomic mass is 10.2. The summed E-state index contributed by atoms with van der Waals surface area (Å²) in [5.41, 5.74) is 2.24. The molecule has 5 heteroatoms. The number of methoxy groups -OCH3 is 1. The Morgan fingerprint density at radius 3 is 2.87 bits per heavy atom. The van der Waals surface area contributed by atoms with Crippen LogP contribution in [0.25, 0.3) is 0 Å². The average molecular weight is 227 g/mol. The second kappa shape index (κ2) is 4.06. The highest BCUT2D eigenvalue weighted by Gasteiger charge is 2.29. The molecule has 2 unspecified atom stereocenters. The van der Waals surface area contributed by atoms with Gasteiger partial charge in [0.1, 0.15) is 0 Å². The predicted octanol–water partition coefficient (Wildman–Crippen LogP) is 1.46. The lowest BCUT2D eigenvalue weighted by Gasteiger charge is -2.11. The van der Waals surface area contributed by atoms with Crippen LogP contribution in [0, 0.1) is 6.92 Å².